The number of amides is 1. The quantitative estimate of drug-likeness (QED) is 0.613. The highest BCUT2D eigenvalue weighted by Crippen LogP contribution is 2.37. The van der Waals surface area contributed by atoms with Gasteiger partial charge in [-0.25, -0.2) is 13.9 Å². The maximum atomic E-state index is 12.1. The molecule has 4 N–H and O–H groups in total. The number of H-pyrrole nitrogens is 1. The van der Waals surface area contributed by atoms with E-state index in [1.807, 2.05) is 18.3 Å². The molecular formula is C17H22N4O3S. The molecule has 0 aromatic carbocycles. The van der Waals surface area contributed by atoms with Crippen LogP contribution in [0.25, 0.3) is 11.0 Å². The molecule has 0 saturated heterocycles. The Kier molecular flexibility index (Phi) is 4.58. The van der Waals surface area contributed by atoms with Gasteiger partial charge in [-0.15, -0.1) is 0 Å². The Morgan fingerprint density at radius 2 is 2.00 bits per heavy atom. The smallest absolute Gasteiger partial charge is 0.231 e. The number of hydrogen-bond acceptors (Lipinski definition) is 3. The largest absolute Gasteiger partial charge is 0.346 e. The summed E-state index contributed by atoms with van der Waals surface area (Å²) < 4.78 is 22.6. The SMILES string of the molecule is O=C(Nc1cc(C2CCC(NS(=O)O)CC2)c2cc[nH]c2n1)C1CC1. The number of carbonyl (C=O) groups is 1. The second-order valence-electron chi connectivity index (χ2n) is 7.02. The van der Waals surface area contributed by atoms with Gasteiger partial charge in [-0.1, -0.05) is 0 Å². The predicted octanol–water partition coefficient (Wildman–Crippen LogP) is 2.66. The van der Waals surface area contributed by atoms with Crippen LogP contribution in [0.1, 0.15) is 50.0 Å². The summed E-state index contributed by atoms with van der Waals surface area (Å²) in [7, 11) is 0. The van der Waals surface area contributed by atoms with E-state index in [0.29, 0.717) is 11.7 Å². The second-order valence-corrected chi connectivity index (χ2v) is 7.75. The molecule has 8 heteroatoms. The molecule has 4 rings (SSSR count). The van der Waals surface area contributed by atoms with Crippen molar-refractivity contribution in [2.45, 2.75) is 50.5 Å². The van der Waals surface area contributed by atoms with Crippen LogP contribution in [0.5, 0.6) is 0 Å². The topological polar surface area (TPSA) is 107 Å². The van der Waals surface area contributed by atoms with Crippen LogP contribution < -0.4 is 10.0 Å². The van der Waals surface area contributed by atoms with E-state index in [2.05, 4.69) is 20.0 Å². The molecule has 2 fully saturated rings. The molecule has 7 nitrogen and oxygen atoms in total. The molecule has 1 amide bonds. The lowest BCUT2D eigenvalue weighted by Crippen LogP contribution is -2.33. The Balaban J connectivity index is 1.55. The minimum absolute atomic E-state index is 0.0580. The first-order valence-electron chi connectivity index (χ1n) is 8.76. The number of hydrogen-bond donors (Lipinski definition) is 4. The number of carbonyl (C=O) groups excluding carboxylic acids is 1. The molecule has 2 heterocycles. The van der Waals surface area contributed by atoms with Crippen molar-refractivity contribution in [3.63, 3.8) is 0 Å². The van der Waals surface area contributed by atoms with Gasteiger partial charge in [-0.2, -0.15) is 0 Å². The third-order valence-electron chi connectivity index (χ3n) is 5.19. The molecule has 1 unspecified atom stereocenters. The average Bonchev–Trinajstić information content (AvgIpc) is 3.33. The number of anilines is 1. The Hall–Kier alpha value is -1.77. The van der Waals surface area contributed by atoms with Gasteiger partial charge in [0.2, 0.25) is 17.2 Å². The summed E-state index contributed by atoms with van der Waals surface area (Å²) in [5.41, 5.74) is 1.99. The Morgan fingerprint density at radius 3 is 2.68 bits per heavy atom. The van der Waals surface area contributed by atoms with Gasteiger partial charge in [0.25, 0.3) is 0 Å². The number of aromatic nitrogens is 2. The Morgan fingerprint density at radius 1 is 1.24 bits per heavy atom. The van der Waals surface area contributed by atoms with Crippen LogP contribution in [-0.2, 0) is 16.1 Å². The fourth-order valence-electron chi connectivity index (χ4n) is 3.70. The molecule has 2 aliphatic carbocycles. The second kappa shape index (κ2) is 6.86. The fraction of sp³-hybridized carbons (Fsp3) is 0.529. The van der Waals surface area contributed by atoms with Crippen LogP contribution in [0.3, 0.4) is 0 Å². The maximum Gasteiger partial charge on any atom is 0.231 e. The van der Waals surface area contributed by atoms with E-state index in [1.54, 1.807) is 0 Å². The number of aromatic amines is 1. The van der Waals surface area contributed by atoms with Gasteiger partial charge in [0.15, 0.2) is 0 Å². The van der Waals surface area contributed by atoms with E-state index in [0.717, 1.165) is 49.6 Å². The minimum atomic E-state index is -1.96. The van der Waals surface area contributed by atoms with Crippen molar-refractivity contribution in [3.8, 4) is 0 Å². The molecular weight excluding hydrogens is 340 g/mol. The number of nitrogens with zero attached hydrogens (tertiary/aromatic N) is 1. The van der Waals surface area contributed by atoms with Crippen molar-refractivity contribution in [1.82, 2.24) is 14.7 Å². The van der Waals surface area contributed by atoms with Crippen molar-refractivity contribution in [2.24, 2.45) is 5.92 Å². The number of pyridine rings is 1. The van der Waals surface area contributed by atoms with Gasteiger partial charge in [0.1, 0.15) is 11.5 Å². The van der Waals surface area contributed by atoms with E-state index in [9.17, 15) is 9.00 Å². The van der Waals surface area contributed by atoms with Gasteiger partial charge in [0.05, 0.1) is 0 Å². The predicted molar refractivity (Wildman–Crippen MR) is 96.4 cm³/mol. The standard InChI is InChI=1S/C17H22N4O3S/c22-17(11-1-2-11)20-15-9-14(13-7-8-18-16(13)19-15)10-3-5-12(6-4-10)21-25(23)24/h7-12,21H,1-6H2,(H,23,24)(H2,18,19,20,22). The van der Waals surface area contributed by atoms with Crippen molar-refractivity contribution >= 4 is 34.0 Å². The van der Waals surface area contributed by atoms with Gasteiger partial charge in [-0.05, 0) is 62.1 Å². The van der Waals surface area contributed by atoms with Gasteiger partial charge in [0, 0.05) is 23.5 Å². The molecule has 0 aliphatic heterocycles. The van der Waals surface area contributed by atoms with Crippen molar-refractivity contribution in [1.29, 1.82) is 0 Å². The van der Waals surface area contributed by atoms with Crippen LogP contribution in [0.15, 0.2) is 18.3 Å². The van der Waals surface area contributed by atoms with Crippen molar-refractivity contribution in [2.75, 3.05) is 5.32 Å². The summed E-state index contributed by atoms with van der Waals surface area (Å²) in [4.78, 5) is 19.7. The number of nitrogens with one attached hydrogen (secondary N) is 3. The monoisotopic (exact) mass is 362 g/mol. The maximum absolute atomic E-state index is 12.1. The van der Waals surface area contributed by atoms with E-state index >= 15 is 0 Å². The summed E-state index contributed by atoms with van der Waals surface area (Å²) >= 11 is -1.96. The zero-order chi connectivity index (χ0) is 17.4. The van der Waals surface area contributed by atoms with E-state index in [-0.39, 0.29) is 17.9 Å². The molecule has 2 aromatic rings. The molecule has 0 bridgehead atoms. The average molecular weight is 362 g/mol. The van der Waals surface area contributed by atoms with Crippen LogP contribution in [0.2, 0.25) is 0 Å². The molecule has 2 saturated carbocycles. The van der Waals surface area contributed by atoms with Crippen molar-refractivity contribution in [3.05, 3.63) is 23.9 Å². The van der Waals surface area contributed by atoms with Gasteiger partial charge >= 0.3 is 0 Å². The highest BCUT2D eigenvalue weighted by Gasteiger charge is 2.30. The fourth-order valence-corrected chi connectivity index (χ4v) is 4.23. The Labute approximate surface area is 148 Å². The highest BCUT2D eigenvalue weighted by molar-refractivity contribution is 7.77. The van der Waals surface area contributed by atoms with Gasteiger partial charge in [-0.3, -0.25) is 9.35 Å². The summed E-state index contributed by atoms with van der Waals surface area (Å²) in [5, 5.41) is 4.03. The summed E-state index contributed by atoms with van der Waals surface area (Å²) in [6.45, 7) is 0. The normalized spacial score (nSPS) is 25.0. The molecule has 1 atom stereocenters. The summed E-state index contributed by atoms with van der Waals surface area (Å²) in [6, 6.07) is 4.11. The lowest BCUT2D eigenvalue weighted by Gasteiger charge is -2.29. The first kappa shape index (κ1) is 16.7. The molecule has 0 radical (unpaired) electrons. The zero-order valence-corrected chi connectivity index (χ0v) is 14.6. The van der Waals surface area contributed by atoms with Crippen LogP contribution >= 0.6 is 0 Å². The lowest BCUT2D eigenvalue weighted by atomic mass is 9.81. The molecule has 0 spiro atoms. The molecule has 2 aromatic heterocycles. The molecule has 134 valence electrons. The third kappa shape index (κ3) is 3.75. The third-order valence-corrected chi connectivity index (χ3v) is 5.73. The molecule has 25 heavy (non-hydrogen) atoms. The number of rotatable bonds is 5. The zero-order valence-electron chi connectivity index (χ0n) is 13.8. The summed E-state index contributed by atoms with van der Waals surface area (Å²) in [5.74, 6) is 1.18. The number of fused-ring (bicyclic) bond motifs is 1. The summed E-state index contributed by atoms with van der Waals surface area (Å²) in [6.07, 6.45) is 7.39. The Bertz CT molecular complexity index is 809. The van der Waals surface area contributed by atoms with Crippen LogP contribution in [0, 0.1) is 5.92 Å². The van der Waals surface area contributed by atoms with E-state index in [4.69, 9.17) is 4.55 Å². The van der Waals surface area contributed by atoms with Crippen molar-refractivity contribution < 1.29 is 13.6 Å². The minimum Gasteiger partial charge on any atom is -0.346 e. The highest BCUT2D eigenvalue weighted by atomic mass is 32.2. The van der Waals surface area contributed by atoms with Crippen LogP contribution in [-0.4, -0.2) is 30.7 Å². The van der Waals surface area contributed by atoms with E-state index in [1.165, 1.54) is 5.56 Å². The first-order valence-corrected chi connectivity index (χ1v) is 9.86. The van der Waals surface area contributed by atoms with E-state index < -0.39 is 11.3 Å². The van der Waals surface area contributed by atoms with Crippen LogP contribution in [0.4, 0.5) is 5.82 Å². The van der Waals surface area contributed by atoms with Gasteiger partial charge < -0.3 is 10.3 Å². The lowest BCUT2D eigenvalue weighted by molar-refractivity contribution is -0.117. The first-order chi connectivity index (χ1) is 12.1. The molecule has 2 aliphatic rings.